The van der Waals surface area contributed by atoms with Gasteiger partial charge in [0.2, 0.25) is 11.8 Å². The summed E-state index contributed by atoms with van der Waals surface area (Å²) >= 11 is 0. The van der Waals surface area contributed by atoms with Crippen molar-refractivity contribution in [2.45, 2.75) is 33.1 Å². The molecule has 1 aromatic carbocycles. The first-order valence-electron chi connectivity index (χ1n) is 7.42. The summed E-state index contributed by atoms with van der Waals surface area (Å²) in [5.74, 6) is 0.635. The largest absolute Gasteiger partial charge is 0.490 e. The van der Waals surface area contributed by atoms with Crippen LogP contribution in [0.15, 0.2) is 18.2 Å². The van der Waals surface area contributed by atoms with E-state index in [0.717, 1.165) is 23.4 Å². The fraction of sp³-hybridized carbons (Fsp3) is 0.500. The van der Waals surface area contributed by atoms with Gasteiger partial charge in [0.15, 0.2) is 0 Å². The minimum absolute atomic E-state index is 0.0307. The van der Waals surface area contributed by atoms with Gasteiger partial charge in [-0.3, -0.25) is 9.59 Å². The summed E-state index contributed by atoms with van der Waals surface area (Å²) in [5, 5.41) is 2.78. The van der Waals surface area contributed by atoms with Crippen LogP contribution in [0.4, 0.5) is 5.69 Å². The standard InChI is InChI=1S/C16H22N2O3/c1-3-8-17-15(19)6-7-16(20)18-9-10-21-14-5-4-12(2)11-13(14)18/h4-5,11H,3,6-10H2,1-2H3,(H,17,19). The zero-order chi connectivity index (χ0) is 15.2. The molecule has 0 fully saturated rings. The second kappa shape index (κ2) is 7.11. The lowest BCUT2D eigenvalue weighted by Crippen LogP contribution is -2.38. The average molecular weight is 290 g/mol. The van der Waals surface area contributed by atoms with Crippen molar-refractivity contribution < 1.29 is 14.3 Å². The summed E-state index contributed by atoms with van der Waals surface area (Å²) in [4.78, 5) is 25.6. The van der Waals surface area contributed by atoms with Gasteiger partial charge in [-0.2, -0.15) is 0 Å². The van der Waals surface area contributed by atoms with Gasteiger partial charge in [-0.25, -0.2) is 0 Å². The summed E-state index contributed by atoms with van der Waals surface area (Å²) in [7, 11) is 0. The van der Waals surface area contributed by atoms with E-state index in [4.69, 9.17) is 4.74 Å². The van der Waals surface area contributed by atoms with Crippen LogP contribution in [0.3, 0.4) is 0 Å². The van der Waals surface area contributed by atoms with Crippen LogP contribution in [0, 0.1) is 6.92 Å². The summed E-state index contributed by atoms with van der Waals surface area (Å²) in [5.41, 5.74) is 1.89. The molecule has 2 amide bonds. The van der Waals surface area contributed by atoms with Gasteiger partial charge in [0.1, 0.15) is 12.4 Å². The molecule has 0 spiro atoms. The zero-order valence-corrected chi connectivity index (χ0v) is 12.6. The highest BCUT2D eigenvalue weighted by Gasteiger charge is 2.23. The molecule has 0 radical (unpaired) electrons. The average Bonchev–Trinajstić information content (AvgIpc) is 2.49. The molecule has 1 heterocycles. The molecule has 2 rings (SSSR count). The molecule has 0 saturated carbocycles. The van der Waals surface area contributed by atoms with Gasteiger partial charge in [0.05, 0.1) is 12.2 Å². The van der Waals surface area contributed by atoms with Crippen molar-refractivity contribution in [2.75, 3.05) is 24.6 Å². The summed E-state index contributed by atoms with van der Waals surface area (Å²) in [6.45, 7) is 5.66. The van der Waals surface area contributed by atoms with Crippen LogP contribution in [-0.4, -0.2) is 31.5 Å². The number of anilines is 1. The third-order valence-electron chi connectivity index (χ3n) is 3.42. The highest BCUT2D eigenvalue weighted by molar-refractivity contribution is 5.97. The van der Waals surface area contributed by atoms with Crippen LogP contribution in [0.1, 0.15) is 31.7 Å². The molecule has 0 aliphatic carbocycles. The van der Waals surface area contributed by atoms with E-state index < -0.39 is 0 Å². The van der Waals surface area contributed by atoms with Crippen molar-refractivity contribution in [1.29, 1.82) is 0 Å². The first-order chi connectivity index (χ1) is 10.1. The number of hydrogen-bond donors (Lipinski definition) is 1. The smallest absolute Gasteiger partial charge is 0.227 e. The second-order valence-electron chi connectivity index (χ2n) is 5.21. The zero-order valence-electron chi connectivity index (χ0n) is 12.6. The molecular formula is C16H22N2O3. The number of benzene rings is 1. The second-order valence-corrected chi connectivity index (χ2v) is 5.21. The van der Waals surface area contributed by atoms with Gasteiger partial charge in [-0.15, -0.1) is 0 Å². The Morgan fingerprint density at radius 3 is 2.90 bits per heavy atom. The van der Waals surface area contributed by atoms with E-state index in [1.807, 2.05) is 32.0 Å². The molecule has 1 aromatic rings. The van der Waals surface area contributed by atoms with Crippen molar-refractivity contribution in [2.24, 2.45) is 0 Å². The maximum Gasteiger partial charge on any atom is 0.227 e. The molecule has 5 nitrogen and oxygen atoms in total. The molecule has 0 saturated heterocycles. The van der Waals surface area contributed by atoms with E-state index in [-0.39, 0.29) is 24.7 Å². The predicted octanol–water partition coefficient (Wildman–Crippen LogP) is 2.03. The van der Waals surface area contributed by atoms with Gasteiger partial charge in [-0.05, 0) is 31.0 Å². The van der Waals surface area contributed by atoms with E-state index >= 15 is 0 Å². The number of amides is 2. The Balaban J connectivity index is 1.98. The fourth-order valence-corrected chi connectivity index (χ4v) is 2.30. The minimum Gasteiger partial charge on any atom is -0.490 e. The highest BCUT2D eigenvalue weighted by atomic mass is 16.5. The van der Waals surface area contributed by atoms with Gasteiger partial charge >= 0.3 is 0 Å². The van der Waals surface area contributed by atoms with E-state index in [1.54, 1.807) is 4.90 Å². The third-order valence-corrected chi connectivity index (χ3v) is 3.42. The lowest BCUT2D eigenvalue weighted by atomic mass is 10.1. The van der Waals surface area contributed by atoms with E-state index in [1.165, 1.54) is 0 Å². The molecule has 0 unspecified atom stereocenters. The third kappa shape index (κ3) is 3.97. The Labute approximate surface area is 125 Å². The quantitative estimate of drug-likeness (QED) is 0.902. The molecular weight excluding hydrogens is 268 g/mol. The molecule has 1 aliphatic rings. The Morgan fingerprint density at radius 2 is 2.14 bits per heavy atom. The number of nitrogens with one attached hydrogen (secondary N) is 1. The Morgan fingerprint density at radius 1 is 1.33 bits per heavy atom. The van der Waals surface area contributed by atoms with Crippen LogP contribution < -0.4 is 15.0 Å². The van der Waals surface area contributed by atoms with Gasteiger partial charge in [-0.1, -0.05) is 13.0 Å². The monoisotopic (exact) mass is 290 g/mol. The van der Waals surface area contributed by atoms with Crippen molar-refractivity contribution in [3.63, 3.8) is 0 Å². The molecule has 0 aromatic heterocycles. The van der Waals surface area contributed by atoms with Crippen LogP contribution >= 0.6 is 0 Å². The molecule has 1 aliphatic heterocycles. The number of hydrogen-bond acceptors (Lipinski definition) is 3. The summed E-state index contributed by atoms with van der Waals surface area (Å²) in [6, 6.07) is 5.80. The maximum absolute atomic E-state index is 12.3. The first kappa shape index (κ1) is 15.4. The molecule has 0 atom stereocenters. The number of aryl methyl sites for hydroxylation is 1. The van der Waals surface area contributed by atoms with Crippen molar-refractivity contribution >= 4 is 17.5 Å². The Hall–Kier alpha value is -2.04. The Bertz CT molecular complexity index is 528. The topological polar surface area (TPSA) is 58.6 Å². The molecule has 0 bridgehead atoms. The number of ether oxygens (including phenoxy) is 1. The van der Waals surface area contributed by atoms with Gasteiger partial charge in [0.25, 0.3) is 0 Å². The van der Waals surface area contributed by atoms with E-state index in [9.17, 15) is 9.59 Å². The van der Waals surface area contributed by atoms with Gasteiger partial charge < -0.3 is 15.0 Å². The lowest BCUT2D eigenvalue weighted by Gasteiger charge is -2.29. The maximum atomic E-state index is 12.3. The SMILES string of the molecule is CCCNC(=O)CCC(=O)N1CCOc2ccc(C)cc21. The minimum atomic E-state index is -0.0667. The molecule has 21 heavy (non-hydrogen) atoms. The number of rotatable bonds is 5. The lowest BCUT2D eigenvalue weighted by molar-refractivity contribution is -0.125. The Kier molecular flexibility index (Phi) is 5.20. The van der Waals surface area contributed by atoms with Crippen LogP contribution in [0.2, 0.25) is 0 Å². The summed E-state index contributed by atoms with van der Waals surface area (Å²) in [6.07, 6.45) is 1.36. The normalized spacial score (nSPS) is 13.3. The number of carbonyl (C=O) groups excluding carboxylic acids is 2. The predicted molar refractivity (Wildman–Crippen MR) is 81.6 cm³/mol. The first-order valence-corrected chi connectivity index (χ1v) is 7.42. The highest BCUT2D eigenvalue weighted by Crippen LogP contribution is 2.32. The number of carbonyl (C=O) groups is 2. The van der Waals surface area contributed by atoms with Crippen LogP contribution in [0.25, 0.3) is 0 Å². The van der Waals surface area contributed by atoms with Crippen LogP contribution in [-0.2, 0) is 9.59 Å². The van der Waals surface area contributed by atoms with Crippen molar-refractivity contribution in [1.82, 2.24) is 5.32 Å². The number of fused-ring (bicyclic) bond motifs is 1. The van der Waals surface area contributed by atoms with Crippen LogP contribution in [0.5, 0.6) is 5.75 Å². The van der Waals surface area contributed by atoms with E-state index in [0.29, 0.717) is 19.7 Å². The molecule has 1 N–H and O–H groups in total. The van der Waals surface area contributed by atoms with E-state index in [2.05, 4.69) is 5.32 Å². The van der Waals surface area contributed by atoms with Gasteiger partial charge in [0, 0.05) is 19.4 Å². The molecule has 114 valence electrons. The molecule has 5 heteroatoms. The summed E-state index contributed by atoms with van der Waals surface area (Å²) < 4.78 is 5.56. The van der Waals surface area contributed by atoms with Crippen molar-refractivity contribution in [3.05, 3.63) is 23.8 Å². The number of nitrogens with zero attached hydrogens (tertiary/aromatic N) is 1. The van der Waals surface area contributed by atoms with Crippen molar-refractivity contribution in [3.8, 4) is 5.75 Å². The fourth-order valence-electron chi connectivity index (χ4n) is 2.30.